The van der Waals surface area contributed by atoms with Gasteiger partial charge in [0.05, 0.1) is 24.2 Å². The van der Waals surface area contributed by atoms with E-state index in [0.717, 1.165) is 36.4 Å². The molecular formula is C20H24N2O3S. The monoisotopic (exact) mass is 372 g/mol. The Morgan fingerprint density at radius 2 is 1.92 bits per heavy atom. The number of nitrogens with one attached hydrogen (secondary N) is 1. The molecule has 1 heterocycles. The van der Waals surface area contributed by atoms with Crippen LogP contribution in [0.1, 0.15) is 48.4 Å². The van der Waals surface area contributed by atoms with E-state index in [1.54, 1.807) is 11.3 Å². The fraction of sp³-hybridized carbons (Fsp3) is 0.450. The molecule has 3 rings (SSSR count). The lowest BCUT2D eigenvalue weighted by atomic mass is 9.81. The van der Waals surface area contributed by atoms with Gasteiger partial charge in [-0.2, -0.15) is 0 Å². The first-order valence-electron chi connectivity index (χ1n) is 8.98. The largest absolute Gasteiger partial charge is 0.467 e. The van der Waals surface area contributed by atoms with Gasteiger partial charge in [0.15, 0.2) is 0 Å². The van der Waals surface area contributed by atoms with Crippen LogP contribution in [0.2, 0.25) is 0 Å². The van der Waals surface area contributed by atoms with Crippen molar-refractivity contribution in [2.24, 2.45) is 0 Å². The summed E-state index contributed by atoms with van der Waals surface area (Å²) in [6.45, 7) is 0. The fourth-order valence-corrected chi connectivity index (χ4v) is 4.32. The van der Waals surface area contributed by atoms with Crippen LogP contribution in [-0.4, -0.2) is 29.5 Å². The van der Waals surface area contributed by atoms with Gasteiger partial charge in [0.25, 0.3) is 0 Å². The van der Waals surface area contributed by atoms with E-state index in [1.807, 2.05) is 23.6 Å². The van der Waals surface area contributed by atoms with E-state index in [2.05, 4.69) is 22.4 Å². The highest BCUT2D eigenvalue weighted by molar-refractivity contribution is 7.09. The lowest BCUT2D eigenvalue weighted by molar-refractivity contribution is -0.152. The van der Waals surface area contributed by atoms with E-state index in [1.165, 1.54) is 12.7 Å². The number of nitrogens with zero attached hydrogens (tertiary/aromatic N) is 1. The number of rotatable bonds is 6. The van der Waals surface area contributed by atoms with Crippen molar-refractivity contribution in [3.05, 3.63) is 52.0 Å². The minimum Gasteiger partial charge on any atom is -0.467 e. The van der Waals surface area contributed by atoms with Crippen LogP contribution < -0.4 is 5.32 Å². The topological polar surface area (TPSA) is 68.3 Å². The quantitative estimate of drug-likeness (QED) is 0.790. The van der Waals surface area contributed by atoms with Gasteiger partial charge in [-0.25, -0.2) is 9.78 Å². The third-order valence-corrected chi connectivity index (χ3v) is 5.70. The summed E-state index contributed by atoms with van der Waals surface area (Å²) in [6.07, 6.45) is 5.16. The molecule has 6 heteroatoms. The van der Waals surface area contributed by atoms with Crippen molar-refractivity contribution in [3.63, 3.8) is 0 Å². The predicted octanol–water partition coefficient (Wildman–Crippen LogP) is 3.27. The molecule has 1 amide bonds. The maximum Gasteiger partial charge on any atom is 0.331 e. The standard InChI is InChI=1S/C20H24N2O3S/c1-25-19(24)20(10-6-3-7-11-20)22-17(23)13-16-14-26-18(21-16)12-15-8-4-2-5-9-15/h2,4-5,8-9,14H,3,6-7,10-13H2,1H3,(H,22,23). The molecule has 2 aromatic rings. The average Bonchev–Trinajstić information content (AvgIpc) is 3.09. The first kappa shape index (κ1) is 18.6. The minimum atomic E-state index is -0.868. The van der Waals surface area contributed by atoms with Gasteiger partial charge in [0, 0.05) is 11.8 Å². The second-order valence-corrected chi connectivity index (χ2v) is 7.70. The number of thiazole rings is 1. The molecule has 0 bridgehead atoms. The van der Waals surface area contributed by atoms with E-state index in [0.29, 0.717) is 12.8 Å². The number of hydrogen-bond donors (Lipinski definition) is 1. The van der Waals surface area contributed by atoms with Crippen LogP contribution in [0.5, 0.6) is 0 Å². The van der Waals surface area contributed by atoms with Crippen molar-refractivity contribution < 1.29 is 14.3 Å². The first-order chi connectivity index (χ1) is 12.6. The van der Waals surface area contributed by atoms with Crippen LogP contribution in [0.25, 0.3) is 0 Å². The number of hydrogen-bond acceptors (Lipinski definition) is 5. The van der Waals surface area contributed by atoms with Gasteiger partial charge in [0.1, 0.15) is 5.54 Å². The SMILES string of the molecule is COC(=O)C1(NC(=O)Cc2csc(Cc3ccccc3)n2)CCCCC1. The number of carbonyl (C=O) groups excluding carboxylic acids is 2. The molecule has 1 fully saturated rings. The van der Waals surface area contributed by atoms with Gasteiger partial charge >= 0.3 is 5.97 Å². The van der Waals surface area contributed by atoms with E-state index in [9.17, 15) is 9.59 Å². The first-order valence-corrected chi connectivity index (χ1v) is 9.86. The molecule has 1 aromatic carbocycles. The normalized spacial score (nSPS) is 16.0. The molecule has 1 aromatic heterocycles. The summed E-state index contributed by atoms with van der Waals surface area (Å²) in [4.78, 5) is 29.3. The molecule has 1 N–H and O–H groups in total. The number of benzene rings is 1. The van der Waals surface area contributed by atoms with Crippen molar-refractivity contribution in [2.45, 2.75) is 50.5 Å². The zero-order valence-corrected chi connectivity index (χ0v) is 15.8. The minimum absolute atomic E-state index is 0.172. The molecule has 0 saturated heterocycles. The van der Waals surface area contributed by atoms with Crippen LogP contribution in [0.4, 0.5) is 0 Å². The molecule has 0 atom stereocenters. The van der Waals surface area contributed by atoms with Crippen molar-refractivity contribution in [1.82, 2.24) is 10.3 Å². The molecule has 5 nitrogen and oxygen atoms in total. The van der Waals surface area contributed by atoms with Gasteiger partial charge in [0.2, 0.25) is 5.91 Å². The molecule has 1 saturated carbocycles. The van der Waals surface area contributed by atoms with Crippen molar-refractivity contribution in [1.29, 1.82) is 0 Å². The number of amides is 1. The average molecular weight is 372 g/mol. The van der Waals surface area contributed by atoms with E-state index in [-0.39, 0.29) is 18.3 Å². The smallest absolute Gasteiger partial charge is 0.331 e. The highest BCUT2D eigenvalue weighted by atomic mass is 32.1. The number of ether oxygens (including phenoxy) is 1. The number of methoxy groups -OCH3 is 1. The maximum atomic E-state index is 12.5. The molecular weight excluding hydrogens is 348 g/mol. The Labute approximate surface area is 157 Å². The molecule has 0 spiro atoms. The van der Waals surface area contributed by atoms with Gasteiger partial charge in [-0.3, -0.25) is 4.79 Å². The second kappa shape index (κ2) is 8.45. The summed E-state index contributed by atoms with van der Waals surface area (Å²) in [5.74, 6) is -0.512. The van der Waals surface area contributed by atoms with Gasteiger partial charge in [-0.05, 0) is 18.4 Å². The van der Waals surface area contributed by atoms with Crippen LogP contribution >= 0.6 is 11.3 Å². The number of esters is 1. The molecule has 0 aliphatic heterocycles. The lowest BCUT2D eigenvalue weighted by Gasteiger charge is -2.35. The number of aromatic nitrogens is 1. The zero-order valence-electron chi connectivity index (χ0n) is 15.0. The molecule has 1 aliphatic carbocycles. The highest BCUT2D eigenvalue weighted by Crippen LogP contribution is 2.29. The van der Waals surface area contributed by atoms with Gasteiger partial charge < -0.3 is 10.1 Å². The van der Waals surface area contributed by atoms with Crippen molar-refractivity contribution in [2.75, 3.05) is 7.11 Å². The summed E-state index contributed by atoms with van der Waals surface area (Å²) in [5, 5.41) is 5.85. The van der Waals surface area contributed by atoms with Gasteiger partial charge in [-0.1, -0.05) is 49.6 Å². The van der Waals surface area contributed by atoms with Crippen LogP contribution in [0, 0.1) is 0 Å². The van der Waals surface area contributed by atoms with Crippen LogP contribution in [0.15, 0.2) is 35.7 Å². The summed E-state index contributed by atoms with van der Waals surface area (Å²) in [5.41, 5.74) is 1.08. The Bertz CT molecular complexity index is 751. The molecule has 26 heavy (non-hydrogen) atoms. The van der Waals surface area contributed by atoms with Crippen molar-refractivity contribution in [3.8, 4) is 0 Å². The Morgan fingerprint density at radius 1 is 1.19 bits per heavy atom. The second-order valence-electron chi connectivity index (χ2n) is 6.75. The van der Waals surface area contributed by atoms with E-state index < -0.39 is 5.54 Å². The van der Waals surface area contributed by atoms with Crippen LogP contribution in [-0.2, 0) is 27.2 Å². The van der Waals surface area contributed by atoms with Crippen LogP contribution in [0.3, 0.4) is 0 Å². The van der Waals surface area contributed by atoms with Crippen molar-refractivity contribution >= 4 is 23.2 Å². The molecule has 0 radical (unpaired) electrons. The third kappa shape index (κ3) is 4.49. The maximum absolute atomic E-state index is 12.5. The summed E-state index contributed by atoms with van der Waals surface area (Å²) < 4.78 is 4.95. The van der Waals surface area contributed by atoms with E-state index in [4.69, 9.17) is 4.74 Å². The highest BCUT2D eigenvalue weighted by Gasteiger charge is 2.41. The summed E-state index contributed by atoms with van der Waals surface area (Å²) in [7, 11) is 1.38. The van der Waals surface area contributed by atoms with Gasteiger partial charge in [-0.15, -0.1) is 11.3 Å². The molecule has 0 unspecified atom stereocenters. The Morgan fingerprint density at radius 3 is 2.62 bits per heavy atom. The van der Waals surface area contributed by atoms with E-state index >= 15 is 0 Å². The summed E-state index contributed by atoms with van der Waals surface area (Å²) in [6, 6.07) is 10.1. The Hall–Kier alpha value is -2.21. The zero-order chi connectivity index (χ0) is 18.4. The molecule has 1 aliphatic rings. The number of carbonyl (C=O) groups is 2. The molecule has 138 valence electrons. The fourth-order valence-electron chi connectivity index (χ4n) is 3.49. The third-order valence-electron chi connectivity index (χ3n) is 4.80. The Kier molecular flexibility index (Phi) is 6.04. The Balaban J connectivity index is 1.61. The summed E-state index contributed by atoms with van der Waals surface area (Å²) >= 11 is 1.56. The predicted molar refractivity (Wildman–Crippen MR) is 101 cm³/mol. The lowest BCUT2D eigenvalue weighted by Crippen LogP contribution is -2.56.